The van der Waals surface area contributed by atoms with Crippen LogP contribution in [0.15, 0.2) is 0 Å². The lowest BCUT2D eigenvalue weighted by atomic mass is 9.70. The number of aliphatic hydroxyl groups is 1. The molecule has 0 spiro atoms. The molecule has 124 valence electrons. The van der Waals surface area contributed by atoms with Crippen LogP contribution in [-0.4, -0.2) is 61.5 Å². The second kappa shape index (κ2) is 7.91. The van der Waals surface area contributed by atoms with Crippen LogP contribution in [0, 0.1) is 11.3 Å². The van der Waals surface area contributed by atoms with Crippen LogP contribution in [0.3, 0.4) is 0 Å². The van der Waals surface area contributed by atoms with E-state index in [0.717, 1.165) is 38.7 Å². The fourth-order valence-electron chi connectivity index (χ4n) is 3.69. The van der Waals surface area contributed by atoms with Crippen molar-refractivity contribution in [3.8, 4) is 0 Å². The maximum absolute atomic E-state index is 9.33. The van der Waals surface area contributed by atoms with Crippen LogP contribution in [0.5, 0.6) is 0 Å². The first kappa shape index (κ1) is 17.2. The summed E-state index contributed by atoms with van der Waals surface area (Å²) in [5.74, 6) is 0.882. The van der Waals surface area contributed by atoms with Crippen LogP contribution in [0.2, 0.25) is 0 Å². The van der Waals surface area contributed by atoms with Gasteiger partial charge in [-0.2, -0.15) is 0 Å². The highest BCUT2D eigenvalue weighted by Crippen LogP contribution is 2.39. The molecule has 1 heterocycles. The zero-order valence-electron chi connectivity index (χ0n) is 14.1. The average molecular weight is 298 g/mol. The smallest absolute Gasteiger partial charge is 0.0932 e. The van der Waals surface area contributed by atoms with Crippen LogP contribution < -0.4 is 5.32 Å². The predicted molar refractivity (Wildman–Crippen MR) is 86.5 cm³/mol. The van der Waals surface area contributed by atoms with E-state index in [-0.39, 0.29) is 12.7 Å². The topological polar surface area (TPSA) is 44.7 Å². The van der Waals surface area contributed by atoms with Gasteiger partial charge in [-0.3, -0.25) is 4.90 Å². The zero-order chi connectivity index (χ0) is 15.3. The monoisotopic (exact) mass is 298 g/mol. The van der Waals surface area contributed by atoms with E-state index < -0.39 is 0 Å². The molecule has 0 aromatic carbocycles. The number of nitrogens with zero attached hydrogens (tertiary/aromatic N) is 1. The highest BCUT2D eigenvalue weighted by Gasteiger charge is 2.36. The molecule has 0 bridgehead atoms. The van der Waals surface area contributed by atoms with Crippen molar-refractivity contribution in [1.29, 1.82) is 0 Å². The summed E-state index contributed by atoms with van der Waals surface area (Å²) in [7, 11) is 0. The number of hydrogen-bond acceptors (Lipinski definition) is 4. The zero-order valence-corrected chi connectivity index (χ0v) is 14.1. The van der Waals surface area contributed by atoms with Crippen molar-refractivity contribution >= 4 is 0 Å². The number of morpholine rings is 1. The Morgan fingerprint density at radius 1 is 1.33 bits per heavy atom. The van der Waals surface area contributed by atoms with E-state index in [9.17, 15) is 5.11 Å². The summed E-state index contributed by atoms with van der Waals surface area (Å²) >= 11 is 0. The van der Waals surface area contributed by atoms with Crippen LogP contribution in [0.1, 0.15) is 46.5 Å². The third kappa shape index (κ3) is 5.20. The number of ether oxygens (including phenoxy) is 1. The first-order valence-corrected chi connectivity index (χ1v) is 8.71. The van der Waals surface area contributed by atoms with E-state index >= 15 is 0 Å². The fraction of sp³-hybridized carbons (Fsp3) is 1.00. The Labute approximate surface area is 130 Å². The average Bonchev–Trinajstić information content (AvgIpc) is 2.48. The van der Waals surface area contributed by atoms with Crippen molar-refractivity contribution in [3.05, 3.63) is 0 Å². The molecule has 0 aromatic heterocycles. The van der Waals surface area contributed by atoms with Crippen LogP contribution in [0.4, 0.5) is 0 Å². The van der Waals surface area contributed by atoms with Crippen LogP contribution >= 0.6 is 0 Å². The predicted octanol–water partition coefficient (Wildman–Crippen LogP) is 1.87. The molecule has 2 rings (SSSR count). The van der Waals surface area contributed by atoms with Crippen molar-refractivity contribution in [1.82, 2.24) is 10.2 Å². The van der Waals surface area contributed by atoms with Gasteiger partial charge < -0.3 is 15.2 Å². The summed E-state index contributed by atoms with van der Waals surface area (Å²) in [6.45, 7) is 11.9. The molecule has 0 aromatic rings. The van der Waals surface area contributed by atoms with Crippen molar-refractivity contribution in [2.24, 2.45) is 11.3 Å². The van der Waals surface area contributed by atoms with Gasteiger partial charge in [0.05, 0.1) is 19.3 Å². The maximum atomic E-state index is 9.33. The molecule has 4 heteroatoms. The summed E-state index contributed by atoms with van der Waals surface area (Å²) in [6.07, 6.45) is 5.38. The highest BCUT2D eigenvalue weighted by molar-refractivity contribution is 4.90. The molecule has 1 unspecified atom stereocenters. The van der Waals surface area contributed by atoms with Crippen molar-refractivity contribution < 1.29 is 9.84 Å². The quantitative estimate of drug-likeness (QED) is 0.786. The van der Waals surface area contributed by atoms with E-state index in [0.29, 0.717) is 11.5 Å². The summed E-state index contributed by atoms with van der Waals surface area (Å²) in [6, 6.07) is 0.552. The third-order valence-electron chi connectivity index (χ3n) is 5.21. The molecule has 2 fully saturated rings. The molecular formula is C17H34N2O2. The van der Waals surface area contributed by atoms with E-state index in [2.05, 4.69) is 31.0 Å². The normalized spacial score (nSPS) is 35.3. The Hall–Kier alpha value is -0.160. The Morgan fingerprint density at radius 3 is 2.67 bits per heavy atom. The molecule has 2 aliphatic rings. The largest absolute Gasteiger partial charge is 0.394 e. The van der Waals surface area contributed by atoms with Crippen LogP contribution in [0.25, 0.3) is 0 Å². The van der Waals surface area contributed by atoms with Gasteiger partial charge in [-0.15, -0.1) is 0 Å². The fourth-order valence-corrected chi connectivity index (χ4v) is 3.69. The lowest BCUT2D eigenvalue weighted by Crippen LogP contribution is -2.52. The van der Waals surface area contributed by atoms with Crippen molar-refractivity contribution in [2.75, 3.05) is 39.4 Å². The minimum Gasteiger partial charge on any atom is -0.394 e. The first-order chi connectivity index (χ1) is 10.0. The number of rotatable bonds is 6. The van der Waals surface area contributed by atoms with Gasteiger partial charge in [0.25, 0.3) is 0 Å². The second-order valence-electron chi connectivity index (χ2n) is 7.63. The van der Waals surface area contributed by atoms with E-state index in [1.54, 1.807) is 0 Å². The highest BCUT2D eigenvalue weighted by atomic mass is 16.5. The molecule has 0 radical (unpaired) electrons. The third-order valence-corrected chi connectivity index (χ3v) is 5.21. The van der Waals surface area contributed by atoms with Crippen LogP contribution in [-0.2, 0) is 4.74 Å². The lowest BCUT2D eigenvalue weighted by Gasteiger charge is -2.45. The summed E-state index contributed by atoms with van der Waals surface area (Å²) in [4.78, 5) is 2.52. The van der Waals surface area contributed by atoms with E-state index in [4.69, 9.17) is 4.74 Å². The number of aliphatic hydroxyl groups excluding tert-OH is 1. The van der Waals surface area contributed by atoms with Gasteiger partial charge in [-0.25, -0.2) is 0 Å². The molecule has 1 saturated carbocycles. The Bertz CT molecular complexity index is 301. The number of hydrogen-bond donors (Lipinski definition) is 2. The standard InChI is InChI=1S/C17H34N2O2/c1-14(2)18-12-17(6-4-15(3)5-7-17)13-19-8-9-21-16(10-19)11-20/h14-16,18,20H,4-13H2,1-3H3. The van der Waals surface area contributed by atoms with E-state index in [1.807, 2.05) is 0 Å². The molecular weight excluding hydrogens is 264 g/mol. The lowest BCUT2D eigenvalue weighted by molar-refractivity contribution is -0.0665. The minimum atomic E-state index is 0.0105. The molecule has 1 atom stereocenters. The molecule has 2 N–H and O–H groups in total. The van der Waals surface area contributed by atoms with Crippen molar-refractivity contribution in [2.45, 2.75) is 58.6 Å². The Kier molecular flexibility index (Phi) is 6.48. The summed E-state index contributed by atoms with van der Waals surface area (Å²) < 4.78 is 5.59. The Balaban J connectivity index is 1.94. The first-order valence-electron chi connectivity index (χ1n) is 8.71. The maximum Gasteiger partial charge on any atom is 0.0932 e. The van der Waals surface area contributed by atoms with E-state index in [1.165, 1.54) is 25.7 Å². The van der Waals surface area contributed by atoms with Crippen molar-refractivity contribution in [3.63, 3.8) is 0 Å². The molecule has 0 amide bonds. The summed E-state index contributed by atoms with van der Waals surface area (Å²) in [5.41, 5.74) is 0.411. The van der Waals surface area contributed by atoms with Gasteiger partial charge in [0.15, 0.2) is 0 Å². The van der Waals surface area contributed by atoms with Gasteiger partial charge in [0.1, 0.15) is 0 Å². The Morgan fingerprint density at radius 2 is 2.05 bits per heavy atom. The number of nitrogens with one attached hydrogen (secondary N) is 1. The second-order valence-corrected chi connectivity index (χ2v) is 7.63. The molecule has 1 aliphatic carbocycles. The minimum absolute atomic E-state index is 0.0105. The van der Waals surface area contributed by atoms with Gasteiger partial charge in [-0.1, -0.05) is 33.6 Å². The van der Waals surface area contributed by atoms with Gasteiger partial charge in [-0.05, 0) is 24.2 Å². The molecule has 4 nitrogen and oxygen atoms in total. The molecule has 21 heavy (non-hydrogen) atoms. The van der Waals surface area contributed by atoms with Gasteiger partial charge in [0.2, 0.25) is 0 Å². The molecule has 1 aliphatic heterocycles. The van der Waals surface area contributed by atoms with Gasteiger partial charge >= 0.3 is 0 Å². The summed E-state index contributed by atoms with van der Waals surface area (Å²) in [5, 5.41) is 13.0. The SMILES string of the molecule is CC1CCC(CNC(C)C)(CN2CCOC(CO)C2)CC1. The van der Waals surface area contributed by atoms with Gasteiger partial charge in [0, 0.05) is 32.2 Å². The molecule has 1 saturated heterocycles.